The Bertz CT molecular complexity index is 989. The number of alkyl halides is 3. The van der Waals surface area contributed by atoms with Crippen molar-refractivity contribution < 1.29 is 23.1 Å². The highest BCUT2D eigenvalue weighted by Gasteiger charge is 2.30. The number of halogens is 3. The summed E-state index contributed by atoms with van der Waals surface area (Å²) in [7, 11) is 0. The molecule has 0 spiro atoms. The van der Waals surface area contributed by atoms with E-state index in [0.29, 0.717) is 28.9 Å². The molecule has 2 aromatic carbocycles. The molecule has 1 heterocycles. The maximum atomic E-state index is 13.1. The number of aliphatic hydroxyl groups excluding tert-OH is 1. The largest absolute Gasteiger partial charge is 0.416 e. The van der Waals surface area contributed by atoms with Crippen LogP contribution in [0.1, 0.15) is 28.5 Å². The zero-order valence-electron chi connectivity index (χ0n) is 16.3. The number of carbonyl (C=O) groups is 1. The van der Waals surface area contributed by atoms with Crippen LogP contribution in [0.4, 0.5) is 18.9 Å². The van der Waals surface area contributed by atoms with Gasteiger partial charge >= 0.3 is 6.18 Å². The summed E-state index contributed by atoms with van der Waals surface area (Å²) < 4.78 is 38.3. The van der Waals surface area contributed by atoms with Crippen molar-refractivity contribution in [2.75, 3.05) is 11.4 Å². The van der Waals surface area contributed by atoms with Crippen molar-refractivity contribution in [2.24, 2.45) is 0 Å². The second kappa shape index (κ2) is 9.09. The molecular formula is C23H21F3N2O2. The second-order valence-electron chi connectivity index (χ2n) is 6.90. The highest BCUT2D eigenvalue weighted by Crippen LogP contribution is 2.29. The first-order valence-electron chi connectivity index (χ1n) is 9.39. The Morgan fingerprint density at radius 1 is 1.07 bits per heavy atom. The van der Waals surface area contributed by atoms with Crippen LogP contribution in [0.2, 0.25) is 0 Å². The van der Waals surface area contributed by atoms with Gasteiger partial charge in [-0.2, -0.15) is 13.2 Å². The third kappa shape index (κ3) is 5.24. The molecule has 1 N–H and O–H groups in total. The molecule has 0 saturated carbocycles. The molecule has 156 valence electrons. The number of hydrogen-bond acceptors (Lipinski definition) is 3. The zero-order valence-corrected chi connectivity index (χ0v) is 16.3. The van der Waals surface area contributed by atoms with E-state index in [0.717, 1.165) is 12.1 Å². The predicted octanol–water partition coefficient (Wildman–Crippen LogP) is 4.72. The van der Waals surface area contributed by atoms with Crippen molar-refractivity contribution in [3.8, 4) is 0 Å². The van der Waals surface area contributed by atoms with Gasteiger partial charge in [0.1, 0.15) is 0 Å². The fraction of sp³-hybridized carbons (Fsp3) is 0.217. The Morgan fingerprint density at radius 2 is 1.73 bits per heavy atom. The molecule has 1 atom stereocenters. The molecule has 1 amide bonds. The number of hydrogen-bond donors (Lipinski definition) is 1. The second-order valence-corrected chi connectivity index (χ2v) is 6.90. The van der Waals surface area contributed by atoms with Crippen molar-refractivity contribution in [1.82, 2.24) is 4.98 Å². The Hall–Kier alpha value is -3.19. The summed E-state index contributed by atoms with van der Waals surface area (Å²) in [6, 6.07) is 16.8. The normalized spacial score (nSPS) is 12.4. The van der Waals surface area contributed by atoms with E-state index < -0.39 is 23.8 Å². The van der Waals surface area contributed by atoms with Crippen LogP contribution in [0.15, 0.2) is 72.9 Å². The van der Waals surface area contributed by atoms with Crippen molar-refractivity contribution in [3.05, 3.63) is 95.3 Å². The van der Waals surface area contributed by atoms with Gasteiger partial charge in [-0.1, -0.05) is 42.5 Å². The molecule has 0 aliphatic carbocycles. The van der Waals surface area contributed by atoms with E-state index >= 15 is 0 Å². The molecule has 0 aliphatic heterocycles. The molecule has 4 nitrogen and oxygen atoms in total. The number of aromatic nitrogens is 1. The molecule has 0 unspecified atom stereocenters. The molecule has 7 heteroatoms. The summed E-state index contributed by atoms with van der Waals surface area (Å²) in [5.74, 6) is -0.515. The van der Waals surface area contributed by atoms with E-state index in [1.54, 1.807) is 55.6 Å². The average Bonchev–Trinajstić information content (AvgIpc) is 2.73. The fourth-order valence-electron chi connectivity index (χ4n) is 3.09. The Kier molecular flexibility index (Phi) is 6.52. The van der Waals surface area contributed by atoms with Crippen LogP contribution in [-0.2, 0) is 17.4 Å². The quantitative estimate of drug-likeness (QED) is 0.635. The number of carbonyl (C=O) groups excluding carboxylic acids is 1. The lowest BCUT2D eigenvalue weighted by atomic mass is 10.1. The monoisotopic (exact) mass is 414 g/mol. The Morgan fingerprint density at radius 3 is 2.33 bits per heavy atom. The summed E-state index contributed by atoms with van der Waals surface area (Å²) in [5, 5.41) is 10.6. The van der Waals surface area contributed by atoms with E-state index in [1.807, 2.05) is 0 Å². The van der Waals surface area contributed by atoms with Gasteiger partial charge in [0, 0.05) is 24.1 Å². The van der Waals surface area contributed by atoms with Gasteiger partial charge in [0.2, 0.25) is 0 Å². The number of aryl methyl sites for hydroxylation is 1. The van der Waals surface area contributed by atoms with E-state index in [1.165, 1.54) is 17.0 Å². The third-order valence-electron chi connectivity index (χ3n) is 4.71. The fourth-order valence-corrected chi connectivity index (χ4v) is 3.09. The number of pyridine rings is 1. The molecule has 0 radical (unpaired) electrons. The number of nitrogens with zero attached hydrogens (tertiary/aromatic N) is 2. The molecule has 30 heavy (non-hydrogen) atoms. The maximum Gasteiger partial charge on any atom is 0.416 e. The zero-order chi connectivity index (χ0) is 21.7. The van der Waals surface area contributed by atoms with Crippen LogP contribution < -0.4 is 4.90 Å². The topological polar surface area (TPSA) is 53.4 Å². The standard InChI is InChI=1S/C23H21F3N2O2/c1-16-15-20(11-13-27-16)28(22(30)21(29)18-5-3-2-4-6-18)14-12-17-7-9-19(10-8-17)23(24,25)26/h2-11,13,15,21,29H,12,14H2,1H3/t21-/m0/s1. The summed E-state index contributed by atoms with van der Waals surface area (Å²) in [6.45, 7) is 1.98. The lowest BCUT2D eigenvalue weighted by molar-refractivity contribution is -0.137. The molecule has 3 rings (SSSR count). The average molecular weight is 414 g/mol. The van der Waals surface area contributed by atoms with Crippen molar-refractivity contribution in [3.63, 3.8) is 0 Å². The summed E-state index contributed by atoms with van der Waals surface area (Å²) in [5.41, 5.74) is 1.67. The van der Waals surface area contributed by atoms with Gasteiger partial charge in [0.15, 0.2) is 6.10 Å². The number of amides is 1. The van der Waals surface area contributed by atoms with Crippen LogP contribution >= 0.6 is 0 Å². The first-order valence-corrected chi connectivity index (χ1v) is 9.39. The van der Waals surface area contributed by atoms with E-state index in [-0.39, 0.29) is 6.54 Å². The van der Waals surface area contributed by atoms with Crippen molar-refractivity contribution in [1.29, 1.82) is 0 Å². The molecule has 0 saturated heterocycles. The summed E-state index contributed by atoms with van der Waals surface area (Å²) in [6.07, 6.45) is -3.85. The Balaban J connectivity index is 1.82. The van der Waals surface area contributed by atoms with Gasteiger partial charge in [0.05, 0.1) is 5.56 Å². The highest BCUT2D eigenvalue weighted by molar-refractivity contribution is 5.97. The lowest BCUT2D eigenvalue weighted by Crippen LogP contribution is -2.37. The molecule has 0 bridgehead atoms. The van der Waals surface area contributed by atoms with E-state index in [9.17, 15) is 23.1 Å². The van der Waals surface area contributed by atoms with Gasteiger partial charge in [-0.3, -0.25) is 9.78 Å². The van der Waals surface area contributed by atoms with Crippen LogP contribution in [0.25, 0.3) is 0 Å². The number of aliphatic hydroxyl groups is 1. The molecule has 3 aromatic rings. The Labute approximate surface area is 172 Å². The number of benzene rings is 2. The van der Waals surface area contributed by atoms with Gasteiger partial charge in [-0.25, -0.2) is 0 Å². The summed E-state index contributed by atoms with van der Waals surface area (Å²) in [4.78, 5) is 18.6. The first kappa shape index (κ1) is 21.5. The van der Waals surface area contributed by atoms with Crippen LogP contribution in [0.3, 0.4) is 0 Å². The van der Waals surface area contributed by atoms with Crippen molar-refractivity contribution in [2.45, 2.75) is 25.6 Å². The minimum Gasteiger partial charge on any atom is -0.378 e. The van der Waals surface area contributed by atoms with Gasteiger partial charge in [0.25, 0.3) is 5.91 Å². The lowest BCUT2D eigenvalue weighted by Gasteiger charge is -2.26. The van der Waals surface area contributed by atoms with Gasteiger partial charge < -0.3 is 10.0 Å². The predicted molar refractivity (Wildman–Crippen MR) is 108 cm³/mol. The van der Waals surface area contributed by atoms with E-state index in [2.05, 4.69) is 4.98 Å². The molecular weight excluding hydrogens is 393 g/mol. The molecule has 1 aromatic heterocycles. The smallest absolute Gasteiger partial charge is 0.378 e. The molecule has 0 aliphatic rings. The number of rotatable bonds is 6. The minimum absolute atomic E-state index is 0.192. The van der Waals surface area contributed by atoms with Gasteiger partial charge in [-0.05, 0) is 48.7 Å². The van der Waals surface area contributed by atoms with Crippen LogP contribution in [-0.4, -0.2) is 22.5 Å². The molecule has 0 fully saturated rings. The van der Waals surface area contributed by atoms with Crippen molar-refractivity contribution >= 4 is 11.6 Å². The minimum atomic E-state index is -4.39. The first-order chi connectivity index (χ1) is 14.3. The SMILES string of the molecule is Cc1cc(N(CCc2ccc(C(F)(F)F)cc2)C(=O)[C@@H](O)c2ccccc2)ccn1. The number of anilines is 1. The van der Waals surface area contributed by atoms with Gasteiger partial charge in [-0.15, -0.1) is 0 Å². The third-order valence-corrected chi connectivity index (χ3v) is 4.71. The van der Waals surface area contributed by atoms with E-state index in [4.69, 9.17) is 0 Å². The highest BCUT2D eigenvalue weighted by atomic mass is 19.4. The van der Waals surface area contributed by atoms with Crippen LogP contribution in [0, 0.1) is 6.92 Å². The maximum absolute atomic E-state index is 13.1. The van der Waals surface area contributed by atoms with Crippen LogP contribution in [0.5, 0.6) is 0 Å². The summed E-state index contributed by atoms with van der Waals surface area (Å²) >= 11 is 0.